The number of anilines is 1. The number of halogens is 1. The lowest BCUT2D eigenvalue weighted by molar-refractivity contribution is 0.0944. The summed E-state index contributed by atoms with van der Waals surface area (Å²) >= 11 is 3.27. The third-order valence-electron chi connectivity index (χ3n) is 2.81. The zero-order chi connectivity index (χ0) is 16.1. The van der Waals surface area contributed by atoms with Gasteiger partial charge in [-0.3, -0.25) is 14.6 Å². The third-order valence-corrected chi connectivity index (χ3v) is 3.24. The van der Waals surface area contributed by atoms with Crippen LogP contribution in [0.2, 0.25) is 0 Å². The smallest absolute Gasteiger partial charge is 0.257 e. The summed E-state index contributed by atoms with van der Waals surface area (Å²) in [6.45, 7) is 3.76. The Labute approximate surface area is 137 Å². The summed E-state index contributed by atoms with van der Waals surface area (Å²) in [7, 11) is 0. The molecule has 2 aromatic rings. The molecule has 2 rings (SSSR count). The van der Waals surface area contributed by atoms with Crippen molar-refractivity contribution in [3.8, 4) is 0 Å². The van der Waals surface area contributed by atoms with Gasteiger partial charge in [-0.2, -0.15) is 0 Å². The van der Waals surface area contributed by atoms with Crippen molar-refractivity contribution in [3.63, 3.8) is 0 Å². The van der Waals surface area contributed by atoms with Crippen LogP contribution in [-0.2, 0) is 0 Å². The lowest BCUT2D eigenvalue weighted by atomic mass is 10.1. The second kappa shape index (κ2) is 7.17. The predicted octanol–water partition coefficient (Wildman–Crippen LogP) is 3.23. The highest BCUT2D eigenvalue weighted by Gasteiger charge is 2.14. The Bertz CT molecular complexity index is 701. The van der Waals surface area contributed by atoms with Crippen LogP contribution in [0, 0.1) is 0 Å². The highest BCUT2D eigenvalue weighted by Crippen LogP contribution is 2.17. The van der Waals surface area contributed by atoms with Crippen molar-refractivity contribution in [1.29, 1.82) is 0 Å². The van der Waals surface area contributed by atoms with Crippen molar-refractivity contribution in [1.82, 2.24) is 10.3 Å². The van der Waals surface area contributed by atoms with E-state index in [1.165, 1.54) is 6.20 Å². The van der Waals surface area contributed by atoms with E-state index >= 15 is 0 Å². The maximum Gasteiger partial charge on any atom is 0.257 e. The predicted molar refractivity (Wildman–Crippen MR) is 88.9 cm³/mol. The van der Waals surface area contributed by atoms with Crippen molar-refractivity contribution in [2.24, 2.45) is 0 Å². The van der Waals surface area contributed by atoms with Crippen LogP contribution in [0.4, 0.5) is 5.69 Å². The van der Waals surface area contributed by atoms with E-state index < -0.39 is 0 Å². The molecular formula is C16H16BrN3O2. The average molecular weight is 362 g/mol. The fourth-order valence-electron chi connectivity index (χ4n) is 1.86. The first-order valence-corrected chi connectivity index (χ1v) is 7.58. The number of hydrogen-bond donors (Lipinski definition) is 2. The maximum atomic E-state index is 12.3. The van der Waals surface area contributed by atoms with Crippen LogP contribution in [0.1, 0.15) is 34.6 Å². The Hall–Kier alpha value is -2.21. The first kappa shape index (κ1) is 16.2. The molecule has 0 aliphatic heterocycles. The molecule has 0 unspecified atom stereocenters. The number of nitrogens with one attached hydrogen (secondary N) is 2. The molecule has 0 saturated carbocycles. The molecule has 1 aromatic heterocycles. The van der Waals surface area contributed by atoms with Gasteiger partial charge in [0.25, 0.3) is 11.8 Å². The monoisotopic (exact) mass is 361 g/mol. The molecule has 22 heavy (non-hydrogen) atoms. The highest BCUT2D eigenvalue weighted by molar-refractivity contribution is 9.10. The summed E-state index contributed by atoms with van der Waals surface area (Å²) < 4.78 is 0.714. The Morgan fingerprint density at radius 3 is 2.55 bits per heavy atom. The first-order chi connectivity index (χ1) is 10.5. The van der Waals surface area contributed by atoms with Gasteiger partial charge in [-0.05, 0) is 48.0 Å². The molecule has 0 atom stereocenters. The van der Waals surface area contributed by atoms with E-state index in [1.807, 2.05) is 13.8 Å². The van der Waals surface area contributed by atoms with Crippen molar-refractivity contribution < 1.29 is 9.59 Å². The van der Waals surface area contributed by atoms with Crippen LogP contribution in [0.15, 0.2) is 47.2 Å². The van der Waals surface area contributed by atoms with E-state index in [0.717, 1.165) is 0 Å². The molecule has 0 bridgehead atoms. The zero-order valence-electron chi connectivity index (χ0n) is 12.3. The van der Waals surface area contributed by atoms with Crippen LogP contribution in [0.5, 0.6) is 0 Å². The average Bonchev–Trinajstić information content (AvgIpc) is 2.47. The van der Waals surface area contributed by atoms with Crippen LogP contribution >= 0.6 is 15.9 Å². The molecule has 2 N–H and O–H groups in total. The Balaban J connectivity index is 2.23. The first-order valence-electron chi connectivity index (χ1n) is 6.79. The maximum absolute atomic E-state index is 12.3. The van der Waals surface area contributed by atoms with E-state index in [-0.39, 0.29) is 17.9 Å². The summed E-state index contributed by atoms with van der Waals surface area (Å²) in [6, 6.07) is 8.57. The lowest BCUT2D eigenvalue weighted by Gasteiger charge is -2.13. The second-order valence-corrected chi connectivity index (χ2v) is 5.94. The van der Waals surface area contributed by atoms with Crippen LogP contribution in [-0.4, -0.2) is 22.8 Å². The number of benzene rings is 1. The van der Waals surface area contributed by atoms with Gasteiger partial charge in [0.05, 0.1) is 16.8 Å². The van der Waals surface area contributed by atoms with E-state index in [1.54, 1.807) is 36.5 Å². The van der Waals surface area contributed by atoms with E-state index in [4.69, 9.17) is 0 Å². The number of para-hydroxylation sites is 1. The van der Waals surface area contributed by atoms with Gasteiger partial charge in [0.2, 0.25) is 0 Å². The van der Waals surface area contributed by atoms with Gasteiger partial charge < -0.3 is 10.6 Å². The molecule has 0 aliphatic rings. The minimum atomic E-state index is -0.321. The van der Waals surface area contributed by atoms with E-state index in [0.29, 0.717) is 21.3 Å². The number of amides is 2. The normalized spacial score (nSPS) is 10.4. The fourth-order valence-corrected chi connectivity index (χ4v) is 2.23. The number of nitrogens with zero attached hydrogens (tertiary/aromatic N) is 1. The van der Waals surface area contributed by atoms with Gasteiger partial charge in [-0.1, -0.05) is 12.1 Å². The van der Waals surface area contributed by atoms with Gasteiger partial charge in [0.15, 0.2) is 0 Å². The number of hydrogen-bond acceptors (Lipinski definition) is 3. The van der Waals surface area contributed by atoms with Crippen molar-refractivity contribution >= 4 is 33.4 Å². The highest BCUT2D eigenvalue weighted by atomic mass is 79.9. The van der Waals surface area contributed by atoms with Gasteiger partial charge in [0.1, 0.15) is 0 Å². The molecule has 0 saturated heterocycles. The quantitative estimate of drug-likeness (QED) is 0.877. The second-order valence-electron chi connectivity index (χ2n) is 5.02. The summed E-state index contributed by atoms with van der Waals surface area (Å²) in [4.78, 5) is 28.4. The fraction of sp³-hybridized carbons (Fsp3) is 0.188. The van der Waals surface area contributed by atoms with E-state index in [9.17, 15) is 9.59 Å². The van der Waals surface area contributed by atoms with Crippen LogP contribution in [0.3, 0.4) is 0 Å². The third kappa shape index (κ3) is 4.14. The topological polar surface area (TPSA) is 71.1 Å². The molecule has 0 spiro atoms. The van der Waals surface area contributed by atoms with Gasteiger partial charge >= 0.3 is 0 Å². The van der Waals surface area contributed by atoms with Gasteiger partial charge in [-0.25, -0.2) is 0 Å². The minimum absolute atomic E-state index is 0.0190. The Morgan fingerprint density at radius 1 is 1.14 bits per heavy atom. The molecule has 6 heteroatoms. The van der Waals surface area contributed by atoms with E-state index in [2.05, 4.69) is 31.5 Å². The minimum Gasteiger partial charge on any atom is -0.350 e. The number of carbonyl (C=O) groups is 2. The van der Waals surface area contributed by atoms with Crippen molar-refractivity contribution in [3.05, 3.63) is 58.3 Å². The number of carbonyl (C=O) groups excluding carboxylic acids is 2. The molecule has 114 valence electrons. The van der Waals surface area contributed by atoms with Crippen LogP contribution in [0.25, 0.3) is 0 Å². The zero-order valence-corrected chi connectivity index (χ0v) is 13.8. The lowest BCUT2D eigenvalue weighted by Crippen LogP contribution is -2.31. The summed E-state index contributed by atoms with van der Waals surface area (Å²) in [5, 5.41) is 5.56. The van der Waals surface area contributed by atoms with Crippen LogP contribution < -0.4 is 10.6 Å². The summed E-state index contributed by atoms with van der Waals surface area (Å²) in [6.07, 6.45) is 3.07. The SMILES string of the molecule is CC(C)NC(=O)c1ccccc1NC(=O)c1cncc(Br)c1. The molecule has 2 amide bonds. The number of rotatable bonds is 4. The standard InChI is InChI=1S/C16H16BrN3O2/c1-10(2)19-16(22)13-5-3-4-6-14(13)20-15(21)11-7-12(17)9-18-8-11/h3-10H,1-2H3,(H,19,22)(H,20,21). The summed E-state index contributed by atoms with van der Waals surface area (Å²) in [5.41, 5.74) is 1.30. The molecule has 1 heterocycles. The molecule has 1 aromatic carbocycles. The summed E-state index contributed by atoms with van der Waals surface area (Å²) in [5.74, 6) is -0.545. The number of aromatic nitrogens is 1. The molecule has 0 radical (unpaired) electrons. The van der Waals surface area contributed by atoms with Crippen molar-refractivity contribution in [2.45, 2.75) is 19.9 Å². The number of pyridine rings is 1. The Kier molecular flexibility index (Phi) is 5.27. The van der Waals surface area contributed by atoms with Gasteiger partial charge in [0, 0.05) is 22.9 Å². The molecule has 0 fully saturated rings. The van der Waals surface area contributed by atoms with Gasteiger partial charge in [-0.15, -0.1) is 0 Å². The molecular weight excluding hydrogens is 346 g/mol. The largest absolute Gasteiger partial charge is 0.350 e. The molecule has 5 nitrogen and oxygen atoms in total. The van der Waals surface area contributed by atoms with Crippen molar-refractivity contribution in [2.75, 3.05) is 5.32 Å². The Morgan fingerprint density at radius 2 is 1.86 bits per heavy atom. The molecule has 0 aliphatic carbocycles.